The van der Waals surface area contributed by atoms with Crippen molar-refractivity contribution in [3.63, 3.8) is 0 Å². The van der Waals surface area contributed by atoms with Gasteiger partial charge in [-0.15, -0.1) is 0 Å². The fourth-order valence-corrected chi connectivity index (χ4v) is 4.21. The summed E-state index contributed by atoms with van der Waals surface area (Å²) >= 11 is 5.94. The largest absolute Gasteiger partial charge is 0.378 e. The molecule has 1 N–H and O–H groups in total. The van der Waals surface area contributed by atoms with Gasteiger partial charge in [-0.05, 0) is 23.8 Å². The Hall–Kier alpha value is -2.16. The molecule has 2 aromatic carbocycles. The Kier molecular flexibility index (Phi) is 6.77. The number of carbonyl (C=O) groups excluding carboxylic acids is 1. The first-order chi connectivity index (χ1) is 13.8. The Morgan fingerprint density at radius 3 is 2.66 bits per heavy atom. The molecule has 0 saturated carbocycles. The van der Waals surface area contributed by atoms with E-state index in [0.29, 0.717) is 43.2 Å². The van der Waals surface area contributed by atoms with Crippen LogP contribution in [-0.4, -0.2) is 46.4 Å². The Balaban J connectivity index is 1.80. The van der Waals surface area contributed by atoms with E-state index >= 15 is 0 Å². The van der Waals surface area contributed by atoms with E-state index in [9.17, 15) is 17.6 Å². The first-order valence-corrected chi connectivity index (χ1v) is 11.3. The van der Waals surface area contributed by atoms with Gasteiger partial charge in [0.15, 0.2) is 9.84 Å². The number of sulfone groups is 1. The molecule has 9 heteroatoms. The average Bonchev–Trinajstić information content (AvgIpc) is 2.71. The van der Waals surface area contributed by atoms with Crippen LogP contribution in [-0.2, 0) is 25.8 Å². The monoisotopic (exact) mass is 440 g/mol. The minimum atomic E-state index is -3.36. The van der Waals surface area contributed by atoms with E-state index in [1.165, 1.54) is 24.3 Å². The molecule has 1 aliphatic rings. The molecular weight excluding hydrogens is 419 g/mol. The average molecular weight is 441 g/mol. The van der Waals surface area contributed by atoms with Crippen LogP contribution in [0.15, 0.2) is 41.3 Å². The molecule has 0 bridgehead atoms. The molecule has 6 nitrogen and oxygen atoms in total. The van der Waals surface area contributed by atoms with Gasteiger partial charge in [-0.1, -0.05) is 30.7 Å². The highest BCUT2D eigenvalue weighted by molar-refractivity contribution is 7.91. The summed E-state index contributed by atoms with van der Waals surface area (Å²) in [5, 5.41) is 2.70. The number of hydrogen-bond donors (Lipinski definition) is 1. The van der Waals surface area contributed by atoms with Crippen molar-refractivity contribution in [2.45, 2.75) is 18.2 Å². The summed E-state index contributed by atoms with van der Waals surface area (Å²) in [6.07, 6.45) is -0.0418. The third-order valence-electron chi connectivity index (χ3n) is 4.67. The fraction of sp³-hybridized carbons (Fsp3) is 0.350. The number of amides is 1. The van der Waals surface area contributed by atoms with E-state index in [2.05, 4.69) is 5.32 Å². The van der Waals surface area contributed by atoms with Gasteiger partial charge in [-0.25, -0.2) is 12.8 Å². The molecule has 1 fully saturated rings. The topological polar surface area (TPSA) is 75.7 Å². The number of rotatable bonds is 6. The van der Waals surface area contributed by atoms with Crippen LogP contribution in [0.25, 0.3) is 0 Å². The Bertz CT molecular complexity index is 1010. The maximum absolute atomic E-state index is 14.0. The quantitative estimate of drug-likeness (QED) is 0.746. The van der Waals surface area contributed by atoms with Crippen molar-refractivity contribution < 1.29 is 22.3 Å². The minimum Gasteiger partial charge on any atom is -0.378 e. The first-order valence-electron chi connectivity index (χ1n) is 9.23. The van der Waals surface area contributed by atoms with Crippen LogP contribution < -0.4 is 10.2 Å². The van der Waals surface area contributed by atoms with Gasteiger partial charge in [0.05, 0.1) is 46.7 Å². The molecule has 156 valence electrons. The highest BCUT2D eigenvalue weighted by Gasteiger charge is 2.19. The highest BCUT2D eigenvalue weighted by Crippen LogP contribution is 2.32. The van der Waals surface area contributed by atoms with Gasteiger partial charge in [0.2, 0.25) is 5.91 Å². The molecule has 0 unspecified atom stereocenters. The summed E-state index contributed by atoms with van der Waals surface area (Å²) in [6, 6.07) is 8.97. The molecule has 0 atom stereocenters. The lowest BCUT2D eigenvalue weighted by molar-refractivity contribution is -0.115. The maximum atomic E-state index is 14.0. The molecule has 3 rings (SSSR count). The van der Waals surface area contributed by atoms with E-state index in [1.807, 2.05) is 4.90 Å². The van der Waals surface area contributed by atoms with E-state index in [4.69, 9.17) is 16.3 Å². The second-order valence-electron chi connectivity index (χ2n) is 6.66. The molecule has 0 aliphatic carbocycles. The van der Waals surface area contributed by atoms with Gasteiger partial charge in [0, 0.05) is 19.2 Å². The zero-order valence-electron chi connectivity index (χ0n) is 16.0. The second kappa shape index (κ2) is 9.11. The lowest BCUT2D eigenvalue weighted by Crippen LogP contribution is -2.37. The highest BCUT2D eigenvalue weighted by atomic mass is 35.5. The van der Waals surface area contributed by atoms with Crippen LogP contribution in [0.3, 0.4) is 0 Å². The molecule has 1 heterocycles. The van der Waals surface area contributed by atoms with Crippen molar-refractivity contribution in [1.29, 1.82) is 0 Å². The molecule has 0 radical (unpaired) electrons. The van der Waals surface area contributed by atoms with Crippen LogP contribution in [0, 0.1) is 5.82 Å². The van der Waals surface area contributed by atoms with Gasteiger partial charge in [-0.2, -0.15) is 0 Å². The zero-order chi connectivity index (χ0) is 21.0. The van der Waals surface area contributed by atoms with Gasteiger partial charge >= 0.3 is 0 Å². The van der Waals surface area contributed by atoms with E-state index < -0.39 is 15.7 Å². The molecule has 1 aliphatic heterocycles. The zero-order valence-corrected chi connectivity index (χ0v) is 17.5. The lowest BCUT2D eigenvalue weighted by Gasteiger charge is -2.30. The predicted octanol–water partition coefficient (Wildman–Crippen LogP) is 3.29. The van der Waals surface area contributed by atoms with Crippen molar-refractivity contribution in [3.8, 4) is 0 Å². The van der Waals surface area contributed by atoms with E-state index in [-0.39, 0.29) is 28.0 Å². The summed E-state index contributed by atoms with van der Waals surface area (Å²) in [5.74, 6) is -1.03. The summed E-state index contributed by atoms with van der Waals surface area (Å²) in [5.41, 5.74) is 1.49. The molecule has 2 aromatic rings. The van der Waals surface area contributed by atoms with E-state index in [0.717, 1.165) is 0 Å². The number of anilines is 2. The van der Waals surface area contributed by atoms with Crippen molar-refractivity contribution >= 4 is 38.7 Å². The number of nitrogens with one attached hydrogen (secondary N) is 1. The summed E-state index contributed by atoms with van der Waals surface area (Å²) in [6.45, 7) is 3.82. The van der Waals surface area contributed by atoms with Crippen molar-refractivity contribution in [1.82, 2.24) is 0 Å². The van der Waals surface area contributed by atoms with Crippen LogP contribution >= 0.6 is 11.6 Å². The van der Waals surface area contributed by atoms with Crippen molar-refractivity contribution in [2.75, 3.05) is 42.3 Å². The van der Waals surface area contributed by atoms with Crippen LogP contribution in [0.4, 0.5) is 15.8 Å². The standard InChI is InChI=1S/C20H22ClFN2O4S/c1-2-29(26,27)15-5-3-4-14(10-15)11-20(25)23-18-13-17(22)16(21)12-19(18)24-6-8-28-9-7-24/h3-5,10,12-13H,2,6-9,11H2,1H3,(H,23,25). The minimum absolute atomic E-state index is 0.0182. The molecule has 0 spiro atoms. The fourth-order valence-electron chi connectivity index (χ4n) is 3.10. The Morgan fingerprint density at radius 2 is 1.97 bits per heavy atom. The molecule has 1 saturated heterocycles. The number of morpholine rings is 1. The summed E-state index contributed by atoms with van der Waals surface area (Å²) in [7, 11) is -3.36. The first kappa shape index (κ1) is 21.5. The van der Waals surface area contributed by atoms with Crippen LogP contribution in [0.2, 0.25) is 5.02 Å². The third-order valence-corrected chi connectivity index (χ3v) is 6.69. The van der Waals surface area contributed by atoms with Crippen LogP contribution in [0.5, 0.6) is 0 Å². The summed E-state index contributed by atoms with van der Waals surface area (Å²) in [4.78, 5) is 14.7. The SMILES string of the molecule is CCS(=O)(=O)c1cccc(CC(=O)Nc2cc(F)c(Cl)cc2N2CCOCC2)c1. The Labute approximate surface area is 174 Å². The Morgan fingerprint density at radius 1 is 1.24 bits per heavy atom. The van der Waals surface area contributed by atoms with E-state index in [1.54, 1.807) is 19.1 Å². The van der Waals surface area contributed by atoms with Crippen molar-refractivity contribution in [3.05, 3.63) is 52.8 Å². The number of carbonyl (C=O) groups is 1. The normalized spacial score (nSPS) is 14.7. The molecular formula is C20H22ClFN2O4S. The van der Waals surface area contributed by atoms with Gasteiger partial charge < -0.3 is 15.0 Å². The van der Waals surface area contributed by atoms with Crippen LogP contribution in [0.1, 0.15) is 12.5 Å². The number of benzene rings is 2. The third kappa shape index (κ3) is 5.26. The van der Waals surface area contributed by atoms with Crippen molar-refractivity contribution in [2.24, 2.45) is 0 Å². The number of ether oxygens (including phenoxy) is 1. The summed E-state index contributed by atoms with van der Waals surface area (Å²) < 4.78 is 43.5. The van der Waals surface area contributed by atoms with Gasteiger partial charge in [0.1, 0.15) is 5.82 Å². The lowest BCUT2D eigenvalue weighted by atomic mass is 10.1. The predicted molar refractivity (Wildman–Crippen MR) is 111 cm³/mol. The molecule has 0 aromatic heterocycles. The smallest absolute Gasteiger partial charge is 0.228 e. The second-order valence-corrected chi connectivity index (χ2v) is 9.34. The molecule has 1 amide bonds. The number of nitrogens with zero attached hydrogens (tertiary/aromatic N) is 1. The number of hydrogen-bond acceptors (Lipinski definition) is 5. The maximum Gasteiger partial charge on any atom is 0.228 e. The van der Waals surface area contributed by atoms with Gasteiger partial charge in [0.25, 0.3) is 0 Å². The molecule has 29 heavy (non-hydrogen) atoms. The number of halogens is 2. The van der Waals surface area contributed by atoms with Gasteiger partial charge in [-0.3, -0.25) is 4.79 Å².